The fraction of sp³-hybridized carbons (Fsp3) is 0.237. The van der Waals surface area contributed by atoms with Crippen molar-refractivity contribution in [1.82, 2.24) is 14.1 Å². The largest absolute Gasteiger partial charge is 0.496 e. The molecule has 0 amide bonds. The Hall–Kier alpha value is -4.39. The number of fused-ring (bicyclic) bond motifs is 5. The van der Waals surface area contributed by atoms with Crippen LogP contribution >= 0.6 is 0 Å². The van der Waals surface area contributed by atoms with E-state index in [1.165, 1.54) is 44.8 Å². The summed E-state index contributed by atoms with van der Waals surface area (Å²) >= 11 is 0. The minimum atomic E-state index is -0.422. The molecule has 0 N–H and O–H groups in total. The van der Waals surface area contributed by atoms with Crippen molar-refractivity contribution in [3.8, 4) is 33.9 Å². The van der Waals surface area contributed by atoms with Crippen LogP contribution < -0.4 is 5.46 Å². The monoisotopic (exact) mass is 577 g/mol. The van der Waals surface area contributed by atoms with Gasteiger partial charge >= 0.3 is 7.12 Å². The summed E-state index contributed by atoms with van der Waals surface area (Å²) in [7, 11) is -0.422. The molecule has 1 saturated heterocycles. The van der Waals surface area contributed by atoms with Gasteiger partial charge in [-0.05, 0) is 94.1 Å². The van der Waals surface area contributed by atoms with Crippen LogP contribution in [0.4, 0.5) is 0 Å². The zero-order chi connectivity index (χ0) is 30.2. The van der Waals surface area contributed by atoms with Gasteiger partial charge in [-0.15, -0.1) is 0 Å². The zero-order valence-electron chi connectivity index (χ0n) is 25.9. The lowest BCUT2D eigenvalue weighted by Crippen LogP contribution is -2.41. The van der Waals surface area contributed by atoms with Crippen LogP contribution in [0.1, 0.15) is 51.8 Å². The van der Waals surface area contributed by atoms with E-state index in [9.17, 15) is 0 Å². The molecule has 1 unspecified atom stereocenters. The average Bonchev–Trinajstić information content (AvgIpc) is 3.67. The van der Waals surface area contributed by atoms with Gasteiger partial charge in [-0.25, -0.2) is 0 Å². The molecule has 1 aliphatic heterocycles. The summed E-state index contributed by atoms with van der Waals surface area (Å²) in [4.78, 5) is 4.89. The normalized spacial score (nSPS) is 18.4. The van der Waals surface area contributed by atoms with Crippen molar-refractivity contribution in [2.24, 2.45) is 0 Å². The Bertz CT molecular complexity index is 1990. The molecule has 218 valence electrons. The minimum absolute atomic E-state index is 0.344. The van der Waals surface area contributed by atoms with Crippen LogP contribution in [0.5, 0.6) is 0 Å². The third-order valence-corrected chi connectivity index (χ3v) is 9.90. The first-order valence-electron chi connectivity index (χ1n) is 15.5. The molecule has 6 aromatic rings. The van der Waals surface area contributed by atoms with Gasteiger partial charge in [-0.1, -0.05) is 55.5 Å². The summed E-state index contributed by atoms with van der Waals surface area (Å²) in [6, 6.07) is 34.7. The summed E-state index contributed by atoms with van der Waals surface area (Å²) in [6.07, 6.45) is 5.10. The molecule has 0 radical (unpaired) electrons. The Kier molecular flexibility index (Phi) is 6.06. The molecule has 1 aliphatic carbocycles. The lowest BCUT2D eigenvalue weighted by atomic mass is 9.80. The molecular formula is C38H36BN3O2. The minimum Gasteiger partial charge on any atom is -0.399 e. The molecule has 1 fully saturated rings. The van der Waals surface area contributed by atoms with E-state index in [2.05, 4.69) is 147 Å². The maximum absolute atomic E-state index is 6.26. The smallest absolute Gasteiger partial charge is 0.399 e. The van der Waals surface area contributed by atoms with E-state index in [4.69, 9.17) is 14.3 Å². The molecule has 8 rings (SSSR count). The Morgan fingerprint density at radius 3 is 2.14 bits per heavy atom. The van der Waals surface area contributed by atoms with Gasteiger partial charge in [0.15, 0.2) is 0 Å². The van der Waals surface area contributed by atoms with Gasteiger partial charge in [0, 0.05) is 51.4 Å². The van der Waals surface area contributed by atoms with E-state index in [1.54, 1.807) is 0 Å². The van der Waals surface area contributed by atoms with Gasteiger partial charge in [0.05, 0.1) is 28.1 Å². The Labute approximate surface area is 259 Å². The average molecular weight is 578 g/mol. The van der Waals surface area contributed by atoms with Gasteiger partial charge in [-0.2, -0.15) is 0 Å². The molecule has 0 saturated carbocycles. The first-order chi connectivity index (χ1) is 21.2. The molecular weight excluding hydrogens is 541 g/mol. The highest BCUT2D eigenvalue weighted by Crippen LogP contribution is 2.48. The number of hydrogen-bond acceptors (Lipinski definition) is 3. The number of benzene rings is 3. The number of rotatable bonds is 4. The van der Waals surface area contributed by atoms with E-state index in [0.29, 0.717) is 5.92 Å². The summed E-state index contributed by atoms with van der Waals surface area (Å²) in [6.45, 7) is 10.7. The maximum atomic E-state index is 6.26. The van der Waals surface area contributed by atoms with Gasteiger partial charge in [0.2, 0.25) is 0 Å². The second kappa shape index (κ2) is 9.81. The van der Waals surface area contributed by atoms with Crippen molar-refractivity contribution in [1.29, 1.82) is 0 Å². The van der Waals surface area contributed by atoms with E-state index < -0.39 is 7.12 Å². The zero-order valence-corrected chi connectivity index (χ0v) is 25.9. The highest BCUT2D eigenvalue weighted by Gasteiger charge is 2.51. The molecule has 6 heteroatoms. The third-order valence-electron chi connectivity index (χ3n) is 9.90. The lowest BCUT2D eigenvalue weighted by Gasteiger charge is -2.32. The second-order valence-electron chi connectivity index (χ2n) is 13.2. The standard InChI is InChI=1S/C38H36BN3O2/c1-25-22-34-30(20-21-41(34)28-12-8-6-9-13-28)36-35(25)31-23-26(16-19-33(31)42(36)29-14-10-7-11-15-29)32-18-17-27(24-40-32)39-43-37(2,3)38(4,5)44-39/h6-21,23-25H,22H2,1-5H3. The van der Waals surface area contributed by atoms with Crippen molar-refractivity contribution >= 4 is 23.5 Å². The second-order valence-corrected chi connectivity index (χ2v) is 13.2. The molecule has 44 heavy (non-hydrogen) atoms. The summed E-state index contributed by atoms with van der Waals surface area (Å²) in [5.41, 5.74) is 11.1. The molecule has 3 aromatic heterocycles. The van der Waals surface area contributed by atoms with E-state index in [1.807, 2.05) is 6.20 Å². The van der Waals surface area contributed by atoms with Crippen LogP contribution in [0.3, 0.4) is 0 Å². The van der Waals surface area contributed by atoms with Crippen molar-refractivity contribution < 1.29 is 9.31 Å². The van der Waals surface area contributed by atoms with Crippen LogP contribution in [0, 0.1) is 0 Å². The van der Waals surface area contributed by atoms with Crippen LogP contribution in [0.25, 0.3) is 44.8 Å². The van der Waals surface area contributed by atoms with Gasteiger partial charge in [0.1, 0.15) is 0 Å². The Morgan fingerprint density at radius 1 is 0.795 bits per heavy atom. The van der Waals surface area contributed by atoms with Crippen LogP contribution in [-0.4, -0.2) is 32.4 Å². The Morgan fingerprint density at radius 2 is 1.48 bits per heavy atom. The molecule has 5 nitrogen and oxygen atoms in total. The SMILES string of the molecule is CC1Cc2c(ccn2-c2ccccc2)-c2c1c1cc(-c3ccc(B4OC(C)(C)C(C)(C)O4)cn3)ccc1n2-c1ccccc1. The number of para-hydroxylation sites is 2. The first kappa shape index (κ1) is 27.2. The number of nitrogens with zero attached hydrogens (tertiary/aromatic N) is 3. The highest BCUT2D eigenvalue weighted by atomic mass is 16.7. The highest BCUT2D eigenvalue weighted by molar-refractivity contribution is 6.62. The predicted octanol–water partition coefficient (Wildman–Crippen LogP) is 8.11. The van der Waals surface area contributed by atoms with Gasteiger partial charge in [0.25, 0.3) is 0 Å². The van der Waals surface area contributed by atoms with Crippen LogP contribution in [0.2, 0.25) is 0 Å². The van der Waals surface area contributed by atoms with Crippen LogP contribution in [0.15, 0.2) is 109 Å². The van der Waals surface area contributed by atoms with E-state index in [0.717, 1.165) is 23.1 Å². The summed E-state index contributed by atoms with van der Waals surface area (Å²) in [5, 5.41) is 1.28. The summed E-state index contributed by atoms with van der Waals surface area (Å²) in [5.74, 6) is 0.344. The molecule has 1 atom stereocenters. The summed E-state index contributed by atoms with van der Waals surface area (Å²) < 4.78 is 17.3. The third kappa shape index (κ3) is 4.12. The molecule has 0 spiro atoms. The Balaban J connectivity index is 1.26. The lowest BCUT2D eigenvalue weighted by molar-refractivity contribution is 0.00578. The number of pyridine rings is 1. The van der Waals surface area contributed by atoms with E-state index in [-0.39, 0.29) is 11.2 Å². The van der Waals surface area contributed by atoms with Gasteiger partial charge in [-0.3, -0.25) is 4.98 Å². The predicted molar refractivity (Wildman–Crippen MR) is 179 cm³/mol. The van der Waals surface area contributed by atoms with Crippen LogP contribution in [-0.2, 0) is 15.7 Å². The molecule has 4 heterocycles. The maximum Gasteiger partial charge on any atom is 0.496 e. The van der Waals surface area contributed by atoms with E-state index >= 15 is 0 Å². The number of hydrogen-bond donors (Lipinski definition) is 0. The number of aromatic nitrogens is 3. The van der Waals surface area contributed by atoms with Crippen molar-refractivity contribution in [3.63, 3.8) is 0 Å². The molecule has 2 aliphatic rings. The van der Waals surface area contributed by atoms with Gasteiger partial charge < -0.3 is 18.4 Å². The van der Waals surface area contributed by atoms with Crippen molar-refractivity contribution in [2.45, 2.75) is 58.2 Å². The first-order valence-corrected chi connectivity index (χ1v) is 15.5. The quantitative estimate of drug-likeness (QED) is 0.199. The van der Waals surface area contributed by atoms with Crippen molar-refractivity contribution in [2.75, 3.05) is 0 Å². The van der Waals surface area contributed by atoms with Crippen molar-refractivity contribution in [3.05, 3.63) is 121 Å². The molecule has 3 aromatic carbocycles. The fourth-order valence-corrected chi connectivity index (χ4v) is 6.89. The topological polar surface area (TPSA) is 41.2 Å². The fourth-order valence-electron chi connectivity index (χ4n) is 6.89. The molecule has 0 bridgehead atoms.